The standard InChI is InChI=1S/C24H21ClF3N3O4S2/c25-19-7-3-16(4-8-19)22(32)29-15-20-9-10-21(36-20)37(34,35)31-13-11-30(12-14-31)23(33)17-1-5-18(6-2-17)24(26,27)28/h1-10H,11-15H2,(H,29,32). The summed E-state index contributed by atoms with van der Waals surface area (Å²) in [5, 5.41) is 3.25. The predicted octanol–water partition coefficient (Wildman–Crippen LogP) is 4.50. The first kappa shape index (κ1) is 27.1. The van der Waals surface area contributed by atoms with Crippen molar-refractivity contribution in [2.75, 3.05) is 26.2 Å². The molecule has 37 heavy (non-hydrogen) atoms. The Morgan fingerprint density at radius 2 is 1.49 bits per heavy atom. The lowest BCUT2D eigenvalue weighted by Gasteiger charge is -2.33. The fraction of sp³-hybridized carbons (Fsp3) is 0.250. The molecule has 4 rings (SSSR count). The summed E-state index contributed by atoms with van der Waals surface area (Å²) in [7, 11) is -3.81. The number of carbonyl (C=O) groups excluding carboxylic acids is 2. The number of nitrogens with zero attached hydrogens (tertiary/aromatic N) is 2. The molecule has 1 fully saturated rings. The summed E-state index contributed by atoms with van der Waals surface area (Å²) in [6.07, 6.45) is -4.49. The van der Waals surface area contributed by atoms with Gasteiger partial charge in [0.25, 0.3) is 21.8 Å². The van der Waals surface area contributed by atoms with Gasteiger partial charge in [-0.05, 0) is 60.7 Å². The van der Waals surface area contributed by atoms with E-state index in [0.717, 1.165) is 35.6 Å². The van der Waals surface area contributed by atoms with Crippen LogP contribution in [0, 0.1) is 0 Å². The number of sulfonamides is 1. The zero-order chi connectivity index (χ0) is 26.8. The van der Waals surface area contributed by atoms with Gasteiger partial charge in [-0.2, -0.15) is 17.5 Å². The van der Waals surface area contributed by atoms with Gasteiger partial charge >= 0.3 is 6.18 Å². The first-order chi connectivity index (χ1) is 17.4. The average Bonchev–Trinajstić information content (AvgIpc) is 3.37. The average molecular weight is 572 g/mol. The highest BCUT2D eigenvalue weighted by Gasteiger charge is 2.33. The van der Waals surface area contributed by atoms with Crippen molar-refractivity contribution >= 4 is 44.8 Å². The number of carbonyl (C=O) groups is 2. The Balaban J connectivity index is 1.33. The van der Waals surface area contributed by atoms with Crippen LogP contribution in [0.2, 0.25) is 5.02 Å². The van der Waals surface area contributed by atoms with E-state index in [1.54, 1.807) is 30.3 Å². The molecule has 0 aliphatic carbocycles. The minimum atomic E-state index is -4.49. The number of nitrogens with one attached hydrogen (secondary N) is 1. The molecule has 13 heteroatoms. The fourth-order valence-electron chi connectivity index (χ4n) is 3.71. The van der Waals surface area contributed by atoms with E-state index in [-0.39, 0.29) is 48.4 Å². The number of hydrogen-bond acceptors (Lipinski definition) is 5. The molecule has 1 N–H and O–H groups in total. The predicted molar refractivity (Wildman–Crippen MR) is 133 cm³/mol. The molecule has 1 aliphatic rings. The van der Waals surface area contributed by atoms with Crippen LogP contribution >= 0.6 is 22.9 Å². The maximum atomic E-state index is 13.1. The molecule has 0 radical (unpaired) electrons. The van der Waals surface area contributed by atoms with Crippen molar-refractivity contribution in [3.05, 3.63) is 87.3 Å². The molecule has 0 saturated carbocycles. The second-order valence-electron chi connectivity index (χ2n) is 8.18. The van der Waals surface area contributed by atoms with E-state index in [9.17, 15) is 31.2 Å². The quantitative estimate of drug-likeness (QED) is 0.472. The Bertz CT molecular complexity index is 1380. The van der Waals surface area contributed by atoms with Gasteiger partial charge in [-0.1, -0.05) is 11.6 Å². The Kier molecular flexibility index (Phi) is 7.93. The van der Waals surface area contributed by atoms with Gasteiger partial charge in [-0.3, -0.25) is 9.59 Å². The van der Waals surface area contributed by atoms with E-state index in [1.165, 1.54) is 15.3 Å². The Hall–Kier alpha value is -2.93. The Labute approximate surface area is 220 Å². The van der Waals surface area contributed by atoms with Crippen LogP contribution in [-0.2, 0) is 22.7 Å². The molecular formula is C24H21ClF3N3O4S2. The number of alkyl halides is 3. The summed E-state index contributed by atoms with van der Waals surface area (Å²) in [5.74, 6) is -0.774. The number of thiophene rings is 1. The Morgan fingerprint density at radius 3 is 2.08 bits per heavy atom. The highest BCUT2D eigenvalue weighted by molar-refractivity contribution is 7.91. The first-order valence-corrected chi connectivity index (χ1v) is 13.7. The van der Waals surface area contributed by atoms with Crippen molar-refractivity contribution in [3.8, 4) is 0 Å². The highest BCUT2D eigenvalue weighted by Crippen LogP contribution is 2.30. The van der Waals surface area contributed by atoms with Crippen molar-refractivity contribution in [2.24, 2.45) is 0 Å². The first-order valence-electron chi connectivity index (χ1n) is 11.0. The Morgan fingerprint density at radius 1 is 0.892 bits per heavy atom. The molecule has 0 unspecified atom stereocenters. The minimum absolute atomic E-state index is 0.0508. The van der Waals surface area contributed by atoms with E-state index in [0.29, 0.717) is 15.5 Å². The molecule has 0 bridgehead atoms. The van der Waals surface area contributed by atoms with Crippen LogP contribution in [0.4, 0.5) is 13.2 Å². The zero-order valence-corrected chi connectivity index (χ0v) is 21.6. The third kappa shape index (κ3) is 6.32. The number of hydrogen-bond donors (Lipinski definition) is 1. The normalized spacial score (nSPS) is 15.0. The SMILES string of the molecule is O=C(NCc1ccc(S(=O)(=O)N2CCN(C(=O)c3ccc(C(F)(F)F)cc3)CC2)s1)c1ccc(Cl)cc1. The van der Waals surface area contributed by atoms with E-state index < -0.39 is 27.7 Å². The zero-order valence-electron chi connectivity index (χ0n) is 19.2. The van der Waals surface area contributed by atoms with Gasteiger partial charge in [-0.25, -0.2) is 8.42 Å². The van der Waals surface area contributed by atoms with E-state index in [1.807, 2.05) is 0 Å². The third-order valence-electron chi connectivity index (χ3n) is 5.75. The van der Waals surface area contributed by atoms with Crippen LogP contribution in [-0.4, -0.2) is 55.6 Å². The summed E-state index contributed by atoms with van der Waals surface area (Å²) in [5.41, 5.74) is -0.315. The molecule has 3 aromatic rings. The highest BCUT2D eigenvalue weighted by atomic mass is 35.5. The van der Waals surface area contributed by atoms with E-state index in [2.05, 4.69) is 5.32 Å². The topological polar surface area (TPSA) is 86.8 Å². The van der Waals surface area contributed by atoms with E-state index in [4.69, 9.17) is 11.6 Å². The molecule has 1 saturated heterocycles. The van der Waals surface area contributed by atoms with Crippen molar-refractivity contribution in [1.29, 1.82) is 0 Å². The molecule has 0 atom stereocenters. The monoisotopic (exact) mass is 571 g/mol. The second-order valence-corrected chi connectivity index (χ2v) is 12.0. The van der Waals surface area contributed by atoms with Crippen LogP contribution in [0.5, 0.6) is 0 Å². The molecule has 2 heterocycles. The lowest BCUT2D eigenvalue weighted by Crippen LogP contribution is -2.50. The van der Waals surface area contributed by atoms with Crippen LogP contribution in [0.15, 0.2) is 64.9 Å². The number of halogens is 4. The van der Waals surface area contributed by atoms with Crippen LogP contribution in [0.3, 0.4) is 0 Å². The molecule has 2 amide bonds. The summed E-state index contributed by atoms with van der Waals surface area (Å²) >= 11 is 6.87. The maximum absolute atomic E-state index is 13.1. The molecule has 1 aliphatic heterocycles. The number of amides is 2. The van der Waals surface area contributed by atoms with Crippen LogP contribution in [0.1, 0.15) is 31.2 Å². The van der Waals surface area contributed by atoms with Gasteiger partial charge in [-0.15, -0.1) is 11.3 Å². The van der Waals surface area contributed by atoms with Gasteiger partial charge < -0.3 is 10.2 Å². The van der Waals surface area contributed by atoms with Crippen LogP contribution < -0.4 is 5.32 Å². The van der Waals surface area contributed by atoms with Gasteiger partial charge in [0.1, 0.15) is 4.21 Å². The maximum Gasteiger partial charge on any atom is 0.416 e. The molecule has 1 aromatic heterocycles. The smallest absolute Gasteiger partial charge is 0.347 e. The summed E-state index contributed by atoms with van der Waals surface area (Å²) in [6.45, 7) is 0.463. The van der Waals surface area contributed by atoms with Crippen molar-refractivity contribution in [1.82, 2.24) is 14.5 Å². The van der Waals surface area contributed by atoms with Gasteiger partial charge in [0.05, 0.1) is 12.1 Å². The van der Waals surface area contributed by atoms with Gasteiger partial charge in [0.15, 0.2) is 0 Å². The number of piperazine rings is 1. The van der Waals surface area contributed by atoms with E-state index >= 15 is 0 Å². The summed E-state index contributed by atoms with van der Waals surface area (Å²) < 4.78 is 65.8. The molecule has 196 valence electrons. The number of benzene rings is 2. The molecule has 2 aromatic carbocycles. The lowest BCUT2D eigenvalue weighted by molar-refractivity contribution is -0.137. The van der Waals surface area contributed by atoms with Crippen molar-refractivity contribution in [2.45, 2.75) is 16.9 Å². The largest absolute Gasteiger partial charge is 0.416 e. The number of rotatable bonds is 6. The summed E-state index contributed by atoms with van der Waals surface area (Å²) in [6, 6.07) is 13.4. The summed E-state index contributed by atoms with van der Waals surface area (Å²) in [4.78, 5) is 27.0. The van der Waals surface area contributed by atoms with Crippen molar-refractivity contribution in [3.63, 3.8) is 0 Å². The van der Waals surface area contributed by atoms with Crippen molar-refractivity contribution < 1.29 is 31.2 Å². The molecule has 7 nitrogen and oxygen atoms in total. The lowest BCUT2D eigenvalue weighted by atomic mass is 10.1. The molecule has 0 spiro atoms. The molecular weight excluding hydrogens is 551 g/mol. The van der Waals surface area contributed by atoms with Gasteiger partial charge in [0.2, 0.25) is 0 Å². The minimum Gasteiger partial charge on any atom is -0.347 e. The fourth-order valence-corrected chi connectivity index (χ4v) is 6.70. The third-order valence-corrected chi connectivity index (χ3v) is 9.45. The van der Waals surface area contributed by atoms with Gasteiger partial charge in [0, 0.05) is 47.2 Å². The second kappa shape index (κ2) is 10.8. The van der Waals surface area contributed by atoms with Crippen LogP contribution in [0.25, 0.3) is 0 Å².